The van der Waals surface area contributed by atoms with Gasteiger partial charge in [0, 0.05) is 5.69 Å². The average Bonchev–Trinajstić information content (AvgIpc) is 2.50. The van der Waals surface area contributed by atoms with Crippen LogP contribution in [-0.2, 0) is 9.59 Å². The smallest absolute Gasteiger partial charge is 0.314 e. The third-order valence-electron chi connectivity index (χ3n) is 3.50. The zero-order valence-corrected chi connectivity index (χ0v) is 13.5. The van der Waals surface area contributed by atoms with Gasteiger partial charge in [-0.3, -0.25) is 9.59 Å². The maximum atomic E-state index is 12.0. The van der Waals surface area contributed by atoms with Crippen LogP contribution in [0, 0.1) is 6.92 Å². The first-order valence-electron chi connectivity index (χ1n) is 7.45. The lowest BCUT2D eigenvalue weighted by Crippen LogP contribution is -2.29. The molecule has 5 nitrogen and oxygen atoms in total. The van der Waals surface area contributed by atoms with Gasteiger partial charge in [0.2, 0.25) is 0 Å². The minimum absolute atomic E-state index is 0.410. The fourth-order valence-corrected chi connectivity index (χ4v) is 2.11. The molecule has 0 aliphatic rings. The molecular formula is C18H21N3O2. The van der Waals surface area contributed by atoms with Gasteiger partial charge in [-0.25, -0.2) is 0 Å². The van der Waals surface area contributed by atoms with Crippen molar-refractivity contribution in [2.24, 2.45) is 0 Å². The number of nitrogen functional groups attached to an aromatic ring is 1. The summed E-state index contributed by atoms with van der Waals surface area (Å²) in [6, 6.07) is 12.6. The molecule has 0 fully saturated rings. The van der Waals surface area contributed by atoms with Crippen LogP contribution in [0.1, 0.15) is 30.9 Å². The lowest BCUT2D eigenvalue weighted by molar-refractivity contribution is -0.132. The van der Waals surface area contributed by atoms with Crippen molar-refractivity contribution in [3.05, 3.63) is 53.6 Å². The predicted octanol–water partition coefficient (Wildman–Crippen LogP) is 3.28. The Bertz CT molecular complexity index is 722. The second-order valence-corrected chi connectivity index (χ2v) is 5.78. The Kier molecular flexibility index (Phi) is 5.01. The maximum Gasteiger partial charge on any atom is 0.314 e. The fourth-order valence-electron chi connectivity index (χ4n) is 2.11. The zero-order chi connectivity index (χ0) is 17.0. The number of carbonyl (C=O) groups is 2. The highest BCUT2D eigenvalue weighted by molar-refractivity contribution is 6.43. The van der Waals surface area contributed by atoms with Gasteiger partial charge in [-0.15, -0.1) is 0 Å². The summed E-state index contributed by atoms with van der Waals surface area (Å²) < 4.78 is 0. The molecule has 4 N–H and O–H groups in total. The van der Waals surface area contributed by atoms with Crippen LogP contribution >= 0.6 is 0 Å². The Morgan fingerprint density at radius 2 is 1.57 bits per heavy atom. The van der Waals surface area contributed by atoms with Crippen molar-refractivity contribution >= 4 is 28.9 Å². The number of hydrogen-bond acceptors (Lipinski definition) is 3. The van der Waals surface area contributed by atoms with Crippen molar-refractivity contribution in [3.63, 3.8) is 0 Å². The monoisotopic (exact) mass is 311 g/mol. The number of rotatable bonds is 3. The number of anilines is 3. The Morgan fingerprint density at radius 3 is 2.13 bits per heavy atom. The molecule has 0 saturated heterocycles. The third-order valence-corrected chi connectivity index (χ3v) is 3.50. The molecule has 0 aliphatic heterocycles. The minimum atomic E-state index is -0.756. The Hall–Kier alpha value is -2.82. The first-order chi connectivity index (χ1) is 10.9. The van der Waals surface area contributed by atoms with Crippen molar-refractivity contribution in [2.75, 3.05) is 16.4 Å². The lowest BCUT2D eigenvalue weighted by atomic mass is 10.0. The van der Waals surface area contributed by atoms with E-state index < -0.39 is 11.8 Å². The summed E-state index contributed by atoms with van der Waals surface area (Å²) in [6.45, 7) is 6.08. The molecule has 0 radical (unpaired) electrons. The molecular weight excluding hydrogens is 290 g/mol. The van der Waals surface area contributed by atoms with E-state index in [0.717, 1.165) is 5.56 Å². The van der Waals surface area contributed by atoms with Gasteiger partial charge in [-0.2, -0.15) is 0 Å². The second-order valence-electron chi connectivity index (χ2n) is 5.78. The summed E-state index contributed by atoms with van der Waals surface area (Å²) in [5, 5.41) is 5.08. The minimum Gasteiger partial charge on any atom is -0.397 e. The van der Waals surface area contributed by atoms with E-state index in [1.54, 1.807) is 24.3 Å². The van der Waals surface area contributed by atoms with Crippen molar-refractivity contribution in [3.8, 4) is 0 Å². The molecule has 0 unspecified atom stereocenters. The quantitative estimate of drug-likeness (QED) is 0.601. The molecule has 120 valence electrons. The van der Waals surface area contributed by atoms with Crippen LogP contribution in [0.5, 0.6) is 0 Å². The maximum absolute atomic E-state index is 12.0. The van der Waals surface area contributed by atoms with Crippen molar-refractivity contribution < 1.29 is 9.59 Å². The number of nitrogens with two attached hydrogens (primary N) is 1. The highest BCUT2D eigenvalue weighted by atomic mass is 16.2. The fraction of sp³-hybridized carbons (Fsp3) is 0.222. The molecule has 2 rings (SSSR count). The van der Waals surface area contributed by atoms with Crippen LogP contribution in [0.15, 0.2) is 42.5 Å². The topological polar surface area (TPSA) is 84.2 Å². The van der Waals surface area contributed by atoms with Crippen molar-refractivity contribution in [2.45, 2.75) is 26.7 Å². The first-order valence-corrected chi connectivity index (χ1v) is 7.45. The van der Waals surface area contributed by atoms with E-state index in [1.165, 1.54) is 5.56 Å². The van der Waals surface area contributed by atoms with Gasteiger partial charge in [0.05, 0.1) is 11.4 Å². The van der Waals surface area contributed by atoms with Crippen molar-refractivity contribution in [1.82, 2.24) is 0 Å². The number of amides is 2. The van der Waals surface area contributed by atoms with Crippen LogP contribution in [-0.4, -0.2) is 11.8 Å². The largest absolute Gasteiger partial charge is 0.397 e. The Labute approximate surface area is 135 Å². The van der Waals surface area contributed by atoms with Gasteiger partial charge in [0.25, 0.3) is 0 Å². The van der Waals surface area contributed by atoms with Gasteiger partial charge in [-0.1, -0.05) is 32.0 Å². The molecule has 23 heavy (non-hydrogen) atoms. The normalized spacial score (nSPS) is 10.4. The Balaban J connectivity index is 2.01. The van der Waals surface area contributed by atoms with Crippen LogP contribution < -0.4 is 16.4 Å². The van der Waals surface area contributed by atoms with Gasteiger partial charge >= 0.3 is 11.8 Å². The van der Waals surface area contributed by atoms with Crippen LogP contribution in [0.25, 0.3) is 0 Å². The molecule has 0 aromatic heterocycles. The summed E-state index contributed by atoms with van der Waals surface area (Å²) in [6.07, 6.45) is 0. The van der Waals surface area contributed by atoms with E-state index in [1.807, 2.05) is 25.1 Å². The summed E-state index contributed by atoms with van der Waals surface area (Å²) in [7, 11) is 0. The zero-order valence-electron chi connectivity index (χ0n) is 13.5. The second kappa shape index (κ2) is 6.96. The molecule has 5 heteroatoms. The Morgan fingerprint density at radius 1 is 0.957 bits per heavy atom. The molecule has 2 aromatic carbocycles. The van der Waals surface area contributed by atoms with E-state index in [0.29, 0.717) is 23.0 Å². The number of hydrogen-bond donors (Lipinski definition) is 3. The molecule has 0 bridgehead atoms. The molecule has 0 aliphatic carbocycles. The van der Waals surface area contributed by atoms with E-state index >= 15 is 0 Å². The van der Waals surface area contributed by atoms with Crippen LogP contribution in [0.4, 0.5) is 17.1 Å². The summed E-state index contributed by atoms with van der Waals surface area (Å²) in [5.41, 5.74) is 9.39. The number of nitrogens with one attached hydrogen (secondary N) is 2. The van der Waals surface area contributed by atoms with Crippen LogP contribution in [0.3, 0.4) is 0 Å². The molecule has 2 amide bonds. The van der Waals surface area contributed by atoms with E-state index in [-0.39, 0.29) is 0 Å². The van der Waals surface area contributed by atoms with Crippen LogP contribution in [0.2, 0.25) is 0 Å². The average molecular weight is 311 g/mol. The standard InChI is InChI=1S/C18H21N3O2/c1-11(2)13-5-7-14(8-6-13)20-17(22)18(23)21-16-9-4-12(3)10-15(16)19/h4-11H,19H2,1-3H3,(H,20,22)(H,21,23). The van der Waals surface area contributed by atoms with E-state index in [2.05, 4.69) is 24.5 Å². The molecule has 0 spiro atoms. The predicted molar refractivity (Wildman–Crippen MR) is 93.4 cm³/mol. The SMILES string of the molecule is Cc1ccc(NC(=O)C(=O)Nc2ccc(C(C)C)cc2)c(N)c1. The van der Waals surface area contributed by atoms with E-state index in [4.69, 9.17) is 5.73 Å². The summed E-state index contributed by atoms with van der Waals surface area (Å²) in [5.74, 6) is -1.08. The number of benzene rings is 2. The molecule has 0 heterocycles. The van der Waals surface area contributed by atoms with Crippen molar-refractivity contribution in [1.29, 1.82) is 0 Å². The van der Waals surface area contributed by atoms with Gasteiger partial charge in [0.1, 0.15) is 0 Å². The number of carbonyl (C=O) groups excluding carboxylic acids is 2. The molecule has 2 aromatic rings. The highest BCUT2D eigenvalue weighted by Gasteiger charge is 2.15. The highest BCUT2D eigenvalue weighted by Crippen LogP contribution is 2.20. The van der Waals surface area contributed by atoms with Gasteiger partial charge < -0.3 is 16.4 Å². The van der Waals surface area contributed by atoms with E-state index in [9.17, 15) is 9.59 Å². The molecule has 0 atom stereocenters. The first kappa shape index (κ1) is 16.5. The lowest BCUT2D eigenvalue weighted by Gasteiger charge is -2.10. The summed E-state index contributed by atoms with van der Waals surface area (Å²) >= 11 is 0. The number of aryl methyl sites for hydroxylation is 1. The van der Waals surface area contributed by atoms with Gasteiger partial charge in [-0.05, 0) is 48.2 Å². The third kappa shape index (κ3) is 4.32. The molecule has 0 saturated carbocycles. The summed E-state index contributed by atoms with van der Waals surface area (Å²) in [4.78, 5) is 23.9. The van der Waals surface area contributed by atoms with Gasteiger partial charge in [0.15, 0.2) is 0 Å².